The average molecular weight is 954 g/mol. The lowest BCUT2D eigenvalue weighted by Gasteiger charge is -2.72. The number of carbonyl (C=O) groups is 2. The van der Waals surface area contributed by atoms with Gasteiger partial charge in [0.25, 0.3) is 0 Å². The first kappa shape index (κ1) is 47.7. The third-order valence-corrected chi connectivity index (χ3v) is 22.1. The van der Waals surface area contributed by atoms with Crippen molar-refractivity contribution in [1.29, 1.82) is 0 Å². The first-order valence-electron chi connectivity index (χ1n) is 28.0. The normalized spacial score (nSPS) is 39.7. The standard InChI is InChI=1S/C61H83N3O6/c1-55(2)53(70-55)46(66)32-56(3)21-14-40-34-63-51-43(30-37-28-41(38-12-9-8-10-13-38)31-42(29-37)39-17-26-69-27-18-39)35-64(52(40)51)36-44-49-50(56)45(65)33-60(49)19-11-20-61(44,68)54-58(5)22-16-48(67)57(4,24-25-62-7)47(58)15-23-59(54,60)6/h11,20,28-29,31,34-35,38-39,44,46-47,53-54,62-63,66,68H,8-10,12-19,21-27,30,32-33,36H2,1-7H3/t44-,46+,47-,53+,54+,56-,57-,58+,59-,60-,61+/m0/s1. The number of ether oxygens (including phenoxy) is 2. The number of carbonyl (C=O) groups excluding carboxylic acids is 2. The summed E-state index contributed by atoms with van der Waals surface area (Å²) in [6.45, 7) is 16.5. The van der Waals surface area contributed by atoms with Gasteiger partial charge in [-0.3, -0.25) is 9.59 Å². The maximum atomic E-state index is 15.7. The van der Waals surface area contributed by atoms with Gasteiger partial charge in [0.15, 0.2) is 5.78 Å². The molecule has 70 heavy (non-hydrogen) atoms. The SMILES string of the molecule is CNCC[C@]1(C)C(=O)CC[C@@]2(C)[C@H]3[C@@]4(O)C=CC[C@@]5(CC(=O)C6=C5[C@@H]4Cn4cc(Cc5cc(C7CCCCC7)cc(C7CCOCC7)c5)c5[nH]cc(c54)CC[C@@]6(C)C[C@@H](O)[C@H]4OC4(C)C)[C@@]3(C)CC[C@H]21. The minimum absolute atomic E-state index is 0.114. The van der Waals surface area contributed by atoms with Gasteiger partial charge in [-0.05, 0) is 172 Å². The van der Waals surface area contributed by atoms with Crippen molar-refractivity contribution in [3.63, 3.8) is 0 Å². The maximum Gasteiger partial charge on any atom is 0.160 e. The molecule has 378 valence electrons. The van der Waals surface area contributed by atoms with Crippen molar-refractivity contribution >= 4 is 22.6 Å². The molecular weight excluding hydrogens is 871 g/mol. The molecule has 13 rings (SSSR count). The highest BCUT2D eigenvalue weighted by Crippen LogP contribution is 2.80. The maximum absolute atomic E-state index is 15.7. The summed E-state index contributed by atoms with van der Waals surface area (Å²) in [4.78, 5) is 33.8. The number of aliphatic hydroxyl groups excluding tert-OH is 1. The molecule has 2 bridgehead atoms. The molecule has 9 nitrogen and oxygen atoms in total. The highest BCUT2D eigenvalue weighted by atomic mass is 16.6. The summed E-state index contributed by atoms with van der Waals surface area (Å²) < 4.78 is 14.5. The van der Waals surface area contributed by atoms with Crippen LogP contribution in [0.3, 0.4) is 0 Å². The number of aliphatic hydroxyl groups is 2. The van der Waals surface area contributed by atoms with Gasteiger partial charge in [-0.25, -0.2) is 0 Å². The Morgan fingerprint density at radius 1 is 0.914 bits per heavy atom. The van der Waals surface area contributed by atoms with Crippen LogP contribution in [-0.4, -0.2) is 81.5 Å². The van der Waals surface area contributed by atoms with E-state index in [-0.39, 0.29) is 35.1 Å². The first-order chi connectivity index (χ1) is 33.4. The molecule has 3 aliphatic heterocycles. The van der Waals surface area contributed by atoms with E-state index in [2.05, 4.69) is 99.2 Å². The molecule has 5 heterocycles. The number of H-pyrrole nitrogens is 1. The van der Waals surface area contributed by atoms with E-state index in [1.165, 1.54) is 76.5 Å². The van der Waals surface area contributed by atoms with Crippen LogP contribution in [0.2, 0.25) is 0 Å². The number of hydrogen-bond acceptors (Lipinski definition) is 7. The second kappa shape index (κ2) is 16.6. The summed E-state index contributed by atoms with van der Waals surface area (Å²) in [5, 5.41) is 30.1. The van der Waals surface area contributed by atoms with Crippen LogP contribution >= 0.6 is 0 Å². The molecule has 3 aromatic rings. The van der Waals surface area contributed by atoms with Crippen molar-refractivity contribution in [2.24, 2.45) is 44.8 Å². The second-order valence-corrected chi connectivity index (χ2v) is 26.4. The van der Waals surface area contributed by atoms with E-state index in [0.717, 1.165) is 76.7 Å². The van der Waals surface area contributed by atoms with Crippen LogP contribution in [-0.2, 0) is 38.4 Å². The molecule has 2 aromatic heterocycles. The summed E-state index contributed by atoms with van der Waals surface area (Å²) in [5.41, 5.74) is 7.24. The van der Waals surface area contributed by atoms with E-state index in [1.807, 2.05) is 7.05 Å². The second-order valence-electron chi connectivity index (χ2n) is 26.4. The Hall–Kier alpha value is -3.34. The van der Waals surface area contributed by atoms with Crippen molar-refractivity contribution < 1.29 is 29.3 Å². The number of Topliss-reactive ketones (excluding diaryl/α,β-unsaturated/α-hetero) is 2. The summed E-state index contributed by atoms with van der Waals surface area (Å²) in [7, 11) is 1.98. The Balaban J connectivity index is 1.03. The number of fused-ring (bicyclic) bond motifs is 2. The predicted octanol–water partition coefficient (Wildman–Crippen LogP) is 11.0. The van der Waals surface area contributed by atoms with E-state index in [0.29, 0.717) is 56.3 Å². The molecule has 6 fully saturated rings. The van der Waals surface area contributed by atoms with Gasteiger partial charge in [0.05, 0.1) is 28.3 Å². The zero-order chi connectivity index (χ0) is 48.8. The minimum Gasteiger partial charge on any atom is -0.390 e. The Bertz CT molecular complexity index is 2620. The third-order valence-electron chi connectivity index (χ3n) is 22.1. The Kier molecular flexibility index (Phi) is 11.3. The number of aromatic amines is 1. The van der Waals surface area contributed by atoms with Crippen LogP contribution < -0.4 is 5.32 Å². The molecule has 7 aliphatic carbocycles. The number of epoxide rings is 1. The lowest BCUT2D eigenvalue weighted by molar-refractivity contribution is -0.245. The van der Waals surface area contributed by atoms with Crippen molar-refractivity contribution in [2.45, 2.75) is 199 Å². The number of aromatic nitrogens is 2. The van der Waals surface area contributed by atoms with E-state index in [4.69, 9.17) is 9.47 Å². The molecule has 1 spiro atoms. The van der Waals surface area contributed by atoms with Crippen LogP contribution in [0.5, 0.6) is 0 Å². The largest absolute Gasteiger partial charge is 0.390 e. The fourth-order valence-electron chi connectivity index (χ4n) is 18.8. The molecule has 10 aliphatic rings. The van der Waals surface area contributed by atoms with Crippen molar-refractivity contribution in [1.82, 2.24) is 14.9 Å². The fourth-order valence-corrected chi connectivity index (χ4v) is 18.8. The average Bonchev–Trinajstić information content (AvgIpc) is 3.55. The fraction of sp³-hybridized carbons (Fsp3) is 0.705. The van der Waals surface area contributed by atoms with E-state index < -0.39 is 39.0 Å². The van der Waals surface area contributed by atoms with Crippen molar-refractivity contribution in [3.05, 3.63) is 81.7 Å². The van der Waals surface area contributed by atoms with Crippen LogP contribution in [0.15, 0.2) is 53.9 Å². The van der Waals surface area contributed by atoms with Gasteiger partial charge >= 0.3 is 0 Å². The Labute approximate surface area is 417 Å². The summed E-state index contributed by atoms with van der Waals surface area (Å²) in [6.07, 6.45) is 24.4. The summed E-state index contributed by atoms with van der Waals surface area (Å²) in [6, 6.07) is 7.59. The molecule has 4 saturated carbocycles. The number of aryl methyl sites for hydroxylation is 1. The predicted molar refractivity (Wildman–Crippen MR) is 275 cm³/mol. The molecular formula is C61H83N3O6. The van der Waals surface area contributed by atoms with Gasteiger partial charge in [-0.2, -0.15) is 0 Å². The molecule has 0 unspecified atom stereocenters. The van der Waals surface area contributed by atoms with Crippen molar-refractivity contribution in [3.8, 4) is 0 Å². The highest BCUT2D eigenvalue weighted by molar-refractivity contribution is 6.02. The third kappa shape index (κ3) is 6.92. The minimum atomic E-state index is -1.29. The molecule has 2 saturated heterocycles. The smallest absolute Gasteiger partial charge is 0.160 e. The molecule has 4 N–H and O–H groups in total. The van der Waals surface area contributed by atoms with Gasteiger partial charge in [0.1, 0.15) is 11.9 Å². The van der Waals surface area contributed by atoms with E-state index >= 15 is 4.79 Å². The number of benzene rings is 1. The molecule has 1 aromatic carbocycles. The van der Waals surface area contributed by atoms with Crippen LogP contribution in [0.1, 0.15) is 184 Å². The zero-order valence-electron chi connectivity index (χ0n) is 43.6. The Morgan fingerprint density at radius 2 is 1.64 bits per heavy atom. The zero-order valence-corrected chi connectivity index (χ0v) is 43.6. The van der Waals surface area contributed by atoms with Gasteiger partial charge in [0.2, 0.25) is 0 Å². The van der Waals surface area contributed by atoms with E-state index in [9.17, 15) is 15.0 Å². The molecule has 0 amide bonds. The number of nitrogens with zero attached hydrogens (tertiary/aromatic N) is 1. The van der Waals surface area contributed by atoms with Crippen LogP contribution in [0.4, 0.5) is 0 Å². The first-order valence-corrected chi connectivity index (χ1v) is 28.0. The quantitative estimate of drug-likeness (QED) is 0.118. The lowest BCUT2D eigenvalue weighted by Crippen LogP contribution is -2.71. The lowest BCUT2D eigenvalue weighted by atomic mass is 9.32. The van der Waals surface area contributed by atoms with Crippen LogP contribution in [0, 0.1) is 44.8 Å². The topological polar surface area (TPSA) is 129 Å². The molecule has 0 radical (unpaired) electrons. The van der Waals surface area contributed by atoms with Crippen molar-refractivity contribution in [2.75, 3.05) is 26.8 Å². The van der Waals surface area contributed by atoms with Crippen LogP contribution in [0.25, 0.3) is 11.0 Å². The number of ketones is 2. The highest BCUT2D eigenvalue weighted by Gasteiger charge is 2.77. The molecule has 11 atom stereocenters. The van der Waals surface area contributed by atoms with Gasteiger partial charge in [0, 0.05) is 79.7 Å². The monoisotopic (exact) mass is 954 g/mol. The summed E-state index contributed by atoms with van der Waals surface area (Å²) >= 11 is 0. The number of allylic oxidation sites excluding steroid dienone is 2. The number of nitrogens with one attached hydrogen (secondary N) is 2. The van der Waals surface area contributed by atoms with Gasteiger partial charge < -0.3 is 34.6 Å². The van der Waals surface area contributed by atoms with E-state index in [1.54, 1.807) is 0 Å². The van der Waals surface area contributed by atoms with Gasteiger partial charge in [-0.1, -0.05) is 77.3 Å². The number of hydrogen-bond donors (Lipinski definition) is 4. The Morgan fingerprint density at radius 3 is 2.36 bits per heavy atom. The number of rotatable bonds is 10. The molecule has 9 heteroatoms. The van der Waals surface area contributed by atoms with Gasteiger partial charge in [-0.15, -0.1) is 0 Å². The summed E-state index contributed by atoms with van der Waals surface area (Å²) in [5.74, 6) is 1.27.